The maximum atomic E-state index is 12.3. The number of hydrogen-bond acceptors (Lipinski definition) is 5. The van der Waals surface area contributed by atoms with Crippen LogP contribution in [0.15, 0.2) is 53.6 Å². The number of amides is 1. The molecule has 0 aliphatic carbocycles. The van der Waals surface area contributed by atoms with Gasteiger partial charge < -0.3 is 19.5 Å². The standard InChI is InChI=1S/C23H21N3O6/c1-13-7-18(12-24-25-21(27)15-5-4-6-20(11-15)32-3)14(2)26(13)19-9-16(22(28)29)8-17(10-19)23(30)31/h4-12H,1-3H3,(H,25,27)(H,28,29)(H,30,31)/b24-12-. The monoisotopic (exact) mass is 435 g/mol. The highest BCUT2D eigenvalue weighted by Crippen LogP contribution is 2.22. The fourth-order valence-corrected chi connectivity index (χ4v) is 3.29. The first-order valence-electron chi connectivity index (χ1n) is 9.49. The third kappa shape index (κ3) is 4.67. The number of ether oxygens (including phenoxy) is 1. The van der Waals surface area contributed by atoms with Gasteiger partial charge in [0, 0.05) is 28.2 Å². The zero-order chi connectivity index (χ0) is 23.4. The molecule has 0 atom stereocenters. The molecule has 2 aromatic carbocycles. The molecule has 32 heavy (non-hydrogen) atoms. The molecule has 1 amide bonds. The van der Waals surface area contributed by atoms with Gasteiger partial charge in [-0.25, -0.2) is 15.0 Å². The number of carbonyl (C=O) groups excluding carboxylic acids is 1. The van der Waals surface area contributed by atoms with Crippen LogP contribution >= 0.6 is 0 Å². The van der Waals surface area contributed by atoms with Crippen LogP contribution in [0.5, 0.6) is 5.75 Å². The van der Waals surface area contributed by atoms with Crippen LogP contribution in [-0.2, 0) is 0 Å². The summed E-state index contributed by atoms with van der Waals surface area (Å²) in [7, 11) is 1.51. The highest BCUT2D eigenvalue weighted by Gasteiger charge is 2.16. The van der Waals surface area contributed by atoms with Crippen LogP contribution in [0.1, 0.15) is 48.0 Å². The Hall–Kier alpha value is -4.40. The highest BCUT2D eigenvalue weighted by molar-refractivity contribution is 5.96. The molecule has 164 valence electrons. The van der Waals surface area contributed by atoms with Gasteiger partial charge in [0.15, 0.2) is 0 Å². The van der Waals surface area contributed by atoms with E-state index < -0.39 is 17.8 Å². The summed E-state index contributed by atoms with van der Waals surface area (Å²) in [6, 6.07) is 12.4. The first kappa shape index (κ1) is 22.3. The summed E-state index contributed by atoms with van der Waals surface area (Å²) in [5.74, 6) is -2.30. The van der Waals surface area contributed by atoms with Crippen molar-refractivity contribution in [1.82, 2.24) is 9.99 Å². The Bertz CT molecular complexity index is 1210. The van der Waals surface area contributed by atoms with Gasteiger partial charge in [0.25, 0.3) is 5.91 Å². The number of aryl methyl sites for hydroxylation is 1. The van der Waals surface area contributed by atoms with Crippen molar-refractivity contribution < 1.29 is 29.3 Å². The maximum Gasteiger partial charge on any atom is 0.335 e. The summed E-state index contributed by atoms with van der Waals surface area (Å²) in [5, 5.41) is 22.7. The van der Waals surface area contributed by atoms with E-state index in [4.69, 9.17) is 4.74 Å². The van der Waals surface area contributed by atoms with Crippen molar-refractivity contribution in [1.29, 1.82) is 0 Å². The molecule has 0 unspecified atom stereocenters. The summed E-state index contributed by atoms with van der Waals surface area (Å²) in [6.07, 6.45) is 1.47. The summed E-state index contributed by atoms with van der Waals surface area (Å²) >= 11 is 0. The number of nitrogens with one attached hydrogen (secondary N) is 1. The quantitative estimate of drug-likeness (QED) is 0.386. The summed E-state index contributed by atoms with van der Waals surface area (Å²) in [6.45, 7) is 3.58. The Morgan fingerprint density at radius 1 is 0.969 bits per heavy atom. The van der Waals surface area contributed by atoms with Crippen molar-refractivity contribution in [3.05, 3.63) is 82.2 Å². The summed E-state index contributed by atoms with van der Waals surface area (Å²) in [5.41, 5.74) is 5.08. The van der Waals surface area contributed by atoms with E-state index in [2.05, 4.69) is 10.5 Å². The van der Waals surface area contributed by atoms with Crippen LogP contribution in [0.4, 0.5) is 0 Å². The van der Waals surface area contributed by atoms with Gasteiger partial charge in [-0.3, -0.25) is 4.79 Å². The van der Waals surface area contributed by atoms with Gasteiger partial charge >= 0.3 is 11.9 Å². The maximum absolute atomic E-state index is 12.3. The van der Waals surface area contributed by atoms with E-state index in [-0.39, 0.29) is 11.1 Å². The Morgan fingerprint density at radius 3 is 2.22 bits per heavy atom. The fourth-order valence-electron chi connectivity index (χ4n) is 3.29. The molecular formula is C23H21N3O6. The second-order valence-electron chi connectivity index (χ2n) is 6.97. The number of hydrogen-bond donors (Lipinski definition) is 3. The average Bonchev–Trinajstić information content (AvgIpc) is 3.06. The second kappa shape index (κ2) is 9.17. The number of benzene rings is 2. The van der Waals surface area contributed by atoms with Gasteiger partial charge in [0.05, 0.1) is 24.5 Å². The van der Waals surface area contributed by atoms with E-state index in [1.165, 1.54) is 25.5 Å². The van der Waals surface area contributed by atoms with Gasteiger partial charge in [-0.2, -0.15) is 5.10 Å². The van der Waals surface area contributed by atoms with Crippen molar-refractivity contribution in [2.45, 2.75) is 13.8 Å². The van der Waals surface area contributed by atoms with Gasteiger partial charge in [0.2, 0.25) is 0 Å². The smallest absolute Gasteiger partial charge is 0.335 e. The molecule has 1 aromatic heterocycles. The lowest BCUT2D eigenvalue weighted by Crippen LogP contribution is -2.17. The normalized spacial score (nSPS) is 10.8. The molecule has 0 fully saturated rings. The molecule has 0 spiro atoms. The minimum atomic E-state index is -1.22. The first-order valence-corrected chi connectivity index (χ1v) is 9.49. The van der Waals surface area contributed by atoms with Crippen molar-refractivity contribution in [3.8, 4) is 11.4 Å². The largest absolute Gasteiger partial charge is 0.497 e. The molecule has 3 N–H and O–H groups in total. The lowest BCUT2D eigenvalue weighted by atomic mass is 10.1. The lowest BCUT2D eigenvalue weighted by molar-refractivity contribution is 0.0696. The number of carbonyl (C=O) groups is 3. The van der Waals surface area contributed by atoms with E-state index in [9.17, 15) is 24.6 Å². The van der Waals surface area contributed by atoms with E-state index in [0.717, 1.165) is 11.8 Å². The Kier molecular flexibility index (Phi) is 6.39. The zero-order valence-corrected chi connectivity index (χ0v) is 17.6. The molecule has 3 rings (SSSR count). The molecule has 9 nitrogen and oxygen atoms in total. The molecule has 0 radical (unpaired) electrons. The predicted octanol–water partition coefficient (Wildman–Crippen LogP) is 3.26. The summed E-state index contributed by atoms with van der Waals surface area (Å²) < 4.78 is 6.83. The molecule has 0 aliphatic heterocycles. The van der Waals surface area contributed by atoms with Crippen LogP contribution in [0.2, 0.25) is 0 Å². The molecule has 0 bridgehead atoms. The number of methoxy groups -OCH3 is 1. The number of rotatable bonds is 7. The topological polar surface area (TPSA) is 130 Å². The van der Waals surface area contributed by atoms with Crippen LogP contribution in [0.3, 0.4) is 0 Å². The minimum Gasteiger partial charge on any atom is -0.497 e. The van der Waals surface area contributed by atoms with Gasteiger partial charge in [-0.15, -0.1) is 0 Å². The highest BCUT2D eigenvalue weighted by atomic mass is 16.5. The van der Waals surface area contributed by atoms with Crippen LogP contribution in [0.25, 0.3) is 5.69 Å². The van der Waals surface area contributed by atoms with E-state index in [1.54, 1.807) is 48.7 Å². The van der Waals surface area contributed by atoms with Crippen molar-refractivity contribution in [3.63, 3.8) is 0 Å². The third-order valence-corrected chi connectivity index (χ3v) is 4.84. The molecule has 0 aliphatic rings. The summed E-state index contributed by atoms with van der Waals surface area (Å²) in [4.78, 5) is 35.1. The van der Waals surface area contributed by atoms with Crippen molar-refractivity contribution in [2.75, 3.05) is 7.11 Å². The second-order valence-corrected chi connectivity index (χ2v) is 6.97. The average molecular weight is 435 g/mol. The number of carboxylic acid groups (broad SMARTS) is 2. The van der Waals surface area contributed by atoms with Gasteiger partial charge in [-0.05, 0) is 56.3 Å². The van der Waals surface area contributed by atoms with E-state index in [0.29, 0.717) is 28.3 Å². The predicted molar refractivity (Wildman–Crippen MR) is 117 cm³/mol. The third-order valence-electron chi connectivity index (χ3n) is 4.84. The van der Waals surface area contributed by atoms with Gasteiger partial charge in [-0.1, -0.05) is 6.07 Å². The Balaban J connectivity index is 1.89. The van der Waals surface area contributed by atoms with Crippen LogP contribution < -0.4 is 10.2 Å². The molecule has 1 heterocycles. The lowest BCUT2D eigenvalue weighted by Gasteiger charge is -2.12. The van der Waals surface area contributed by atoms with Crippen LogP contribution in [0, 0.1) is 13.8 Å². The SMILES string of the molecule is COc1cccc(C(=O)N/N=C\c2cc(C)n(-c3cc(C(=O)O)cc(C(=O)O)c3)c2C)c1. The van der Waals surface area contributed by atoms with Gasteiger partial charge in [0.1, 0.15) is 5.75 Å². The minimum absolute atomic E-state index is 0.131. The fraction of sp³-hybridized carbons (Fsp3) is 0.130. The van der Waals surface area contributed by atoms with Crippen molar-refractivity contribution in [2.24, 2.45) is 5.10 Å². The van der Waals surface area contributed by atoms with Crippen molar-refractivity contribution >= 4 is 24.1 Å². The Labute approximate surface area is 183 Å². The van der Waals surface area contributed by atoms with E-state index in [1.807, 2.05) is 0 Å². The van der Waals surface area contributed by atoms with Crippen LogP contribution in [-0.4, -0.2) is 46.0 Å². The molecule has 0 saturated carbocycles. The Morgan fingerprint density at radius 2 is 1.62 bits per heavy atom. The first-order chi connectivity index (χ1) is 15.2. The molecule has 9 heteroatoms. The molecule has 3 aromatic rings. The number of aromatic carboxylic acids is 2. The zero-order valence-electron chi connectivity index (χ0n) is 17.6. The molecular weight excluding hydrogens is 414 g/mol. The molecule has 0 saturated heterocycles. The van der Waals surface area contributed by atoms with E-state index >= 15 is 0 Å². The number of aromatic nitrogens is 1. The number of nitrogens with zero attached hydrogens (tertiary/aromatic N) is 2. The number of hydrazone groups is 1. The number of carboxylic acids is 2.